The van der Waals surface area contributed by atoms with Crippen LogP contribution in [0.25, 0.3) is 0 Å². The van der Waals surface area contributed by atoms with Gasteiger partial charge in [0.15, 0.2) is 0 Å². The minimum absolute atomic E-state index is 0.170. The number of hydrogen-bond donors (Lipinski definition) is 2. The number of piperidine rings is 1. The van der Waals surface area contributed by atoms with Crippen LogP contribution >= 0.6 is 11.3 Å². The van der Waals surface area contributed by atoms with Crippen LogP contribution in [0.15, 0.2) is 41.8 Å². The van der Waals surface area contributed by atoms with Crippen molar-refractivity contribution in [1.29, 1.82) is 0 Å². The molecule has 0 aliphatic carbocycles. The van der Waals surface area contributed by atoms with Crippen molar-refractivity contribution in [2.75, 3.05) is 26.2 Å². The van der Waals surface area contributed by atoms with Crippen LogP contribution < -0.4 is 10.6 Å². The highest BCUT2D eigenvalue weighted by atomic mass is 32.1. The molecule has 1 aromatic carbocycles. The number of nitrogens with one attached hydrogen (secondary N) is 2. The minimum atomic E-state index is -0.220. The van der Waals surface area contributed by atoms with Gasteiger partial charge in [0, 0.05) is 31.1 Å². The molecule has 0 bridgehead atoms. The number of halogens is 1. The van der Waals surface area contributed by atoms with E-state index in [2.05, 4.69) is 33.0 Å². The van der Waals surface area contributed by atoms with Gasteiger partial charge in [0.2, 0.25) is 0 Å². The summed E-state index contributed by atoms with van der Waals surface area (Å²) in [5.41, 5.74) is 0.629. The molecule has 2 amide bonds. The Labute approximate surface area is 158 Å². The number of nitrogens with zero attached hydrogens (tertiary/aromatic N) is 1. The molecule has 4 nitrogen and oxygen atoms in total. The molecule has 1 aliphatic rings. The summed E-state index contributed by atoms with van der Waals surface area (Å²) in [5.74, 6) is 0.267. The summed E-state index contributed by atoms with van der Waals surface area (Å²) in [4.78, 5) is 15.8. The maximum absolute atomic E-state index is 13.5. The Balaban J connectivity index is 1.34. The Morgan fingerprint density at radius 3 is 2.92 bits per heavy atom. The number of thiophene rings is 1. The first-order valence-electron chi connectivity index (χ1n) is 9.20. The van der Waals surface area contributed by atoms with Crippen molar-refractivity contribution in [3.05, 3.63) is 58.0 Å². The molecule has 1 atom stereocenters. The fraction of sp³-hybridized carbons (Fsp3) is 0.450. The van der Waals surface area contributed by atoms with Gasteiger partial charge >= 0.3 is 6.03 Å². The van der Waals surface area contributed by atoms with E-state index in [1.54, 1.807) is 23.5 Å². The average molecular weight is 376 g/mol. The van der Waals surface area contributed by atoms with Crippen molar-refractivity contribution in [3.63, 3.8) is 0 Å². The topological polar surface area (TPSA) is 44.4 Å². The molecule has 0 saturated carbocycles. The second-order valence-electron chi connectivity index (χ2n) is 6.80. The molecule has 26 heavy (non-hydrogen) atoms. The highest BCUT2D eigenvalue weighted by Gasteiger charge is 2.20. The maximum atomic E-state index is 13.5. The lowest BCUT2D eigenvalue weighted by molar-refractivity contribution is 0.166. The Morgan fingerprint density at radius 2 is 2.12 bits per heavy atom. The largest absolute Gasteiger partial charge is 0.338 e. The first-order chi connectivity index (χ1) is 12.7. The molecule has 0 unspecified atom stereocenters. The lowest BCUT2D eigenvalue weighted by atomic mass is 9.98. The van der Waals surface area contributed by atoms with Crippen LogP contribution in [0, 0.1) is 11.7 Å². The van der Waals surface area contributed by atoms with Crippen molar-refractivity contribution < 1.29 is 9.18 Å². The number of benzene rings is 1. The molecule has 1 aromatic heterocycles. The number of carbonyl (C=O) groups excluding carboxylic acids is 1. The van der Waals surface area contributed by atoms with Crippen LogP contribution in [0.3, 0.4) is 0 Å². The number of carbonyl (C=O) groups is 1. The fourth-order valence-corrected chi connectivity index (χ4v) is 4.14. The summed E-state index contributed by atoms with van der Waals surface area (Å²) in [5, 5.41) is 7.90. The molecule has 3 rings (SSSR count). The number of hydrogen-bond acceptors (Lipinski definition) is 3. The van der Waals surface area contributed by atoms with Crippen LogP contribution in [0.5, 0.6) is 0 Å². The lowest BCUT2D eigenvalue weighted by Gasteiger charge is -2.32. The number of amides is 2. The zero-order valence-electron chi connectivity index (χ0n) is 14.9. The van der Waals surface area contributed by atoms with E-state index in [0.717, 1.165) is 26.1 Å². The summed E-state index contributed by atoms with van der Waals surface area (Å²) < 4.78 is 13.5. The van der Waals surface area contributed by atoms with Gasteiger partial charge in [-0.2, -0.15) is 0 Å². The average Bonchev–Trinajstić information content (AvgIpc) is 3.15. The van der Waals surface area contributed by atoms with Crippen molar-refractivity contribution >= 4 is 17.4 Å². The van der Waals surface area contributed by atoms with Gasteiger partial charge in [0.25, 0.3) is 0 Å². The molecule has 2 N–H and O–H groups in total. The smallest absolute Gasteiger partial charge is 0.314 e. The summed E-state index contributed by atoms with van der Waals surface area (Å²) in [6, 6.07) is 10.8. The molecule has 1 aliphatic heterocycles. The van der Waals surface area contributed by atoms with Crippen LogP contribution in [0.1, 0.15) is 23.3 Å². The highest BCUT2D eigenvalue weighted by molar-refractivity contribution is 7.09. The van der Waals surface area contributed by atoms with Gasteiger partial charge in [-0.3, -0.25) is 4.90 Å². The minimum Gasteiger partial charge on any atom is -0.338 e. The summed E-state index contributed by atoms with van der Waals surface area (Å²) in [7, 11) is 0. The van der Waals surface area contributed by atoms with Gasteiger partial charge < -0.3 is 10.6 Å². The summed E-state index contributed by atoms with van der Waals surface area (Å²) >= 11 is 1.80. The molecule has 0 spiro atoms. The molecule has 6 heteroatoms. The zero-order chi connectivity index (χ0) is 18.2. The third kappa shape index (κ3) is 5.81. The highest BCUT2D eigenvalue weighted by Crippen LogP contribution is 2.19. The van der Waals surface area contributed by atoms with Gasteiger partial charge in [-0.15, -0.1) is 11.3 Å². The second-order valence-corrected chi connectivity index (χ2v) is 7.83. The van der Waals surface area contributed by atoms with Gasteiger partial charge in [-0.05, 0) is 54.8 Å². The number of urea groups is 1. The number of rotatable bonds is 7. The van der Waals surface area contributed by atoms with Gasteiger partial charge in [0.05, 0.1) is 0 Å². The van der Waals surface area contributed by atoms with Gasteiger partial charge in [0.1, 0.15) is 5.82 Å². The third-order valence-electron chi connectivity index (χ3n) is 4.75. The Hall–Kier alpha value is -1.92. The van der Waals surface area contributed by atoms with Gasteiger partial charge in [-0.25, -0.2) is 9.18 Å². The monoisotopic (exact) mass is 375 g/mol. The van der Waals surface area contributed by atoms with Crippen LogP contribution in [-0.2, 0) is 13.0 Å². The maximum Gasteiger partial charge on any atom is 0.314 e. The Morgan fingerprint density at radius 1 is 1.23 bits per heavy atom. The van der Waals surface area contributed by atoms with Crippen LogP contribution in [0.4, 0.5) is 9.18 Å². The van der Waals surface area contributed by atoms with E-state index < -0.39 is 0 Å². The van der Waals surface area contributed by atoms with E-state index in [-0.39, 0.29) is 11.8 Å². The fourth-order valence-electron chi connectivity index (χ4n) is 3.40. The molecular weight excluding hydrogens is 349 g/mol. The van der Waals surface area contributed by atoms with Crippen molar-refractivity contribution in [2.45, 2.75) is 25.8 Å². The van der Waals surface area contributed by atoms with E-state index in [0.29, 0.717) is 31.0 Å². The van der Waals surface area contributed by atoms with Crippen molar-refractivity contribution in [3.8, 4) is 0 Å². The molecule has 1 fully saturated rings. The Bertz CT molecular complexity index is 692. The quantitative estimate of drug-likeness (QED) is 0.776. The van der Waals surface area contributed by atoms with Crippen molar-refractivity contribution in [2.24, 2.45) is 5.92 Å². The predicted molar refractivity (Wildman–Crippen MR) is 104 cm³/mol. The first kappa shape index (κ1) is 18.9. The van der Waals surface area contributed by atoms with E-state index in [4.69, 9.17) is 0 Å². The molecule has 1 saturated heterocycles. The first-order valence-corrected chi connectivity index (χ1v) is 10.1. The third-order valence-corrected chi connectivity index (χ3v) is 5.61. The van der Waals surface area contributed by atoms with Crippen LogP contribution in [-0.4, -0.2) is 37.1 Å². The molecule has 2 aromatic rings. The van der Waals surface area contributed by atoms with Crippen LogP contribution in [0.2, 0.25) is 0 Å². The van der Waals surface area contributed by atoms with E-state index in [1.165, 1.54) is 17.4 Å². The standard InChI is InChI=1S/C20H26FN3OS/c21-19-8-2-1-6-17(19)9-10-22-20(25)23-13-16-5-3-11-24(14-16)15-18-7-4-12-26-18/h1-2,4,6-8,12,16H,3,5,9-11,13-15H2,(H2,22,23,25)/t16-/m0/s1. The Kier molecular flexibility index (Phi) is 7.03. The van der Waals surface area contributed by atoms with E-state index in [1.807, 2.05) is 6.07 Å². The van der Waals surface area contributed by atoms with Gasteiger partial charge in [-0.1, -0.05) is 24.3 Å². The van der Waals surface area contributed by atoms with E-state index in [9.17, 15) is 9.18 Å². The lowest BCUT2D eigenvalue weighted by Crippen LogP contribution is -2.43. The number of likely N-dealkylation sites (tertiary alicyclic amines) is 1. The SMILES string of the molecule is O=C(NCCc1ccccc1F)NC[C@@H]1CCCN(Cc2cccs2)C1. The zero-order valence-corrected chi connectivity index (χ0v) is 15.7. The molecule has 140 valence electrons. The predicted octanol–water partition coefficient (Wildman–Crippen LogP) is 3.64. The molecule has 0 radical (unpaired) electrons. The second kappa shape index (κ2) is 9.69. The summed E-state index contributed by atoms with van der Waals surface area (Å²) in [6.07, 6.45) is 2.82. The normalized spacial score (nSPS) is 17.8. The summed E-state index contributed by atoms with van der Waals surface area (Å²) in [6.45, 7) is 4.27. The molecular formula is C20H26FN3OS. The van der Waals surface area contributed by atoms with Crippen molar-refractivity contribution in [1.82, 2.24) is 15.5 Å². The van der Waals surface area contributed by atoms with E-state index >= 15 is 0 Å². The molecule has 2 heterocycles.